The number of nitrogens with one attached hydrogen (secondary N) is 1. The SMILES string of the molecule is O=C(N1CC[C@@](O)(CN2C=NC(c3ccccc3F)=CC2O)C2(CCCC2)C1)N1CCNC[C@H]1c1ccccc1. The van der Waals surface area contributed by atoms with Gasteiger partial charge in [-0.25, -0.2) is 14.2 Å². The third-order valence-electron chi connectivity index (χ3n) is 9.37. The number of carbonyl (C=O) groups is 1. The number of nitrogens with zero attached hydrogens (tertiary/aromatic N) is 4. The number of rotatable bonds is 4. The molecule has 3 N–H and O–H groups in total. The van der Waals surface area contributed by atoms with E-state index in [1.54, 1.807) is 23.1 Å². The number of urea groups is 1. The number of β-amino-alcohol motifs (C(OH)–C–C–N with tert-alkyl or cyclic N) is 1. The van der Waals surface area contributed by atoms with Gasteiger partial charge in [0.15, 0.2) is 0 Å². The summed E-state index contributed by atoms with van der Waals surface area (Å²) < 4.78 is 14.3. The lowest BCUT2D eigenvalue weighted by Crippen LogP contribution is -2.66. The number of hydrogen-bond donors (Lipinski definition) is 3. The maximum absolute atomic E-state index is 14.3. The van der Waals surface area contributed by atoms with Crippen molar-refractivity contribution in [1.82, 2.24) is 20.0 Å². The van der Waals surface area contributed by atoms with Gasteiger partial charge in [0.05, 0.1) is 30.2 Å². The van der Waals surface area contributed by atoms with E-state index in [2.05, 4.69) is 22.4 Å². The summed E-state index contributed by atoms with van der Waals surface area (Å²) >= 11 is 0. The Morgan fingerprint density at radius 2 is 1.80 bits per heavy atom. The molecule has 1 unspecified atom stereocenters. The fourth-order valence-corrected chi connectivity index (χ4v) is 7.10. The van der Waals surface area contributed by atoms with Crippen molar-refractivity contribution in [2.24, 2.45) is 10.4 Å². The van der Waals surface area contributed by atoms with Crippen molar-refractivity contribution in [2.75, 3.05) is 39.3 Å². The molecule has 3 aliphatic heterocycles. The largest absolute Gasteiger partial charge is 0.387 e. The number of carbonyl (C=O) groups excluding carboxylic acids is 1. The first kappa shape index (κ1) is 26.9. The smallest absolute Gasteiger partial charge is 0.320 e. The van der Waals surface area contributed by atoms with Gasteiger partial charge in [0.1, 0.15) is 12.0 Å². The van der Waals surface area contributed by atoms with Crippen molar-refractivity contribution >= 4 is 18.1 Å². The molecule has 1 spiro atoms. The third-order valence-corrected chi connectivity index (χ3v) is 9.37. The van der Waals surface area contributed by atoms with Crippen LogP contribution in [0.5, 0.6) is 0 Å². The van der Waals surface area contributed by atoms with E-state index in [0.29, 0.717) is 43.9 Å². The van der Waals surface area contributed by atoms with E-state index in [0.717, 1.165) is 37.8 Å². The zero-order valence-corrected chi connectivity index (χ0v) is 22.8. The summed E-state index contributed by atoms with van der Waals surface area (Å²) in [5.41, 5.74) is 0.262. The van der Waals surface area contributed by atoms with E-state index in [1.807, 2.05) is 28.0 Å². The lowest BCUT2D eigenvalue weighted by molar-refractivity contribution is -0.142. The molecule has 212 valence electrons. The van der Waals surface area contributed by atoms with Crippen LogP contribution in [0, 0.1) is 11.2 Å². The molecule has 40 heavy (non-hydrogen) atoms. The number of halogens is 1. The normalized spacial score (nSPS) is 28.2. The van der Waals surface area contributed by atoms with Gasteiger partial charge in [-0.1, -0.05) is 55.3 Å². The van der Waals surface area contributed by atoms with Crippen LogP contribution in [0.2, 0.25) is 0 Å². The summed E-state index contributed by atoms with van der Waals surface area (Å²) in [7, 11) is 0. The molecule has 3 atom stereocenters. The van der Waals surface area contributed by atoms with E-state index < -0.39 is 23.1 Å². The van der Waals surface area contributed by atoms with Crippen LogP contribution in [-0.4, -0.2) is 88.4 Å². The minimum atomic E-state index is -1.10. The highest BCUT2D eigenvalue weighted by atomic mass is 19.1. The second kappa shape index (κ2) is 11.0. The molecule has 3 fully saturated rings. The molecule has 1 saturated carbocycles. The third kappa shape index (κ3) is 4.91. The lowest BCUT2D eigenvalue weighted by Gasteiger charge is -2.54. The van der Waals surface area contributed by atoms with Crippen molar-refractivity contribution in [3.8, 4) is 0 Å². The van der Waals surface area contributed by atoms with E-state index in [9.17, 15) is 19.4 Å². The molecule has 1 aliphatic carbocycles. The average molecular weight is 548 g/mol. The van der Waals surface area contributed by atoms with Crippen LogP contribution in [0.1, 0.15) is 49.3 Å². The first-order chi connectivity index (χ1) is 19.4. The molecule has 0 aromatic heterocycles. The predicted molar refractivity (Wildman–Crippen MR) is 152 cm³/mol. The standard InChI is InChI=1S/C31H38FN5O3/c32-25-11-5-4-10-24(25)26-18-28(38)36(22-34-26)21-31(40)14-16-35(20-30(31)12-6-7-13-30)29(39)37-17-15-33-19-27(37)23-8-2-1-3-9-23/h1-5,8-11,18,22,27-28,33,38,40H,6-7,12-17,19-21H2/t27-,28?,31+/m0/s1. The van der Waals surface area contributed by atoms with Gasteiger partial charge in [0, 0.05) is 43.7 Å². The molecular formula is C31H38FN5O3. The first-order valence-electron chi connectivity index (χ1n) is 14.4. The maximum Gasteiger partial charge on any atom is 0.320 e. The summed E-state index contributed by atoms with van der Waals surface area (Å²) in [6, 6.07) is 16.5. The number of amides is 2. The van der Waals surface area contributed by atoms with Gasteiger partial charge in [0.2, 0.25) is 0 Å². The van der Waals surface area contributed by atoms with Crippen molar-refractivity contribution in [3.05, 3.63) is 77.6 Å². The van der Waals surface area contributed by atoms with Gasteiger partial charge < -0.3 is 30.2 Å². The second-order valence-corrected chi connectivity index (χ2v) is 11.7. The molecule has 2 saturated heterocycles. The minimum Gasteiger partial charge on any atom is -0.387 e. The first-order valence-corrected chi connectivity index (χ1v) is 14.4. The summed E-state index contributed by atoms with van der Waals surface area (Å²) in [6.07, 6.45) is 6.06. The monoisotopic (exact) mass is 547 g/mol. The highest BCUT2D eigenvalue weighted by molar-refractivity contribution is 5.77. The lowest BCUT2D eigenvalue weighted by atomic mass is 9.65. The Morgan fingerprint density at radius 1 is 1.05 bits per heavy atom. The highest BCUT2D eigenvalue weighted by Gasteiger charge is 2.56. The summed E-state index contributed by atoms with van der Waals surface area (Å²) in [5, 5.41) is 26.6. The van der Waals surface area contributed by atoms with E-state index >= 15 is 0 Å². The number of piperidine rings is 1. The molecule has 2 aromatic rings. The molecule has 2 amide bonds. The number of aliphatic hydroxyl groups excluding tert-OH is 1. The van der Waals surface area contributed by atoms with Gasteiger partial charge in [0.25, 0.3) is 0 Å². The number of aliphatic hydroxyl groups is 2. The quantitative estimate of drug-likeness (QED) is 0.544. The van der Waals surface area contributed by atoms with Crippen molar-refractivity contribution in [2.45, 2.75) is 50.0 Å². The molecule has 8 nitrogen and oxygen atoms in total. The molecule has 0 radical (unpaired) electrons. The zero-order valence-electron chi connectivity index (χ0n) is 22.8. The number of piperazine rings is 1. The van der Waals surface area contributed by atoms with Crippen molar-refractivity contribution in [1.29, 1.82) is 0 Å². The van der Waals surface area contributed by atoms with Crippen LogP contribution >= 0.6 is 0 Å². The topological polar surface area (TPSA) is 91.6 Å². The molecular weight excluding hydrogens is 509 g/mol. The van der Waals surface area contributed by atoms with Crippen LogP contribution < -0.4 is 5.32 Å². The van der Waals surface area contributed by atoms with E-state index in [1.165, 1.54) is 18.5 Å². The number of hydrogen-bond acceptors (Lipinski definition) is 6. The Morgan fingerprint density at radius 3 is 2.55 bits per heavy atom. The van der Waals surface area contributed by atoms with Gasteiger partial charge in [-0.2, -0.15) is 0 Å². The second-order valence-electron chi connectivity index (χ2n) is 11.7. The summed E-state index contributed by atoms with van der Waals surface area (Å²) in [4.78, 5) is 23.9. The van der Waals surface area contributed by atoms with Gasteiger partial charge >= 0.3 is 6.03 Å². The van der Waals surface area contributed by atoms with Crippen LogP contribution in [0.25, 0.3) is 5.70 Å². The Hall–Kier alpha value is -3.27. The Bertz CT molecular complexity index is 1280. The fraction of sp³-hybridized carbons (Fsp3) is 0.484. The van der Waals surface area contributed by atoms with Crippen LogP contribution in [0.3, 0.4) is 0 Å². The van der Waals surface area contributed by atoms with E-state index in [-0.39, 0.29) is 18.6 Å². The maximum atomic E-state index is 14.3. The molecule has 2 aromatic carbocycles. The molecule has 4 aliphatic rings. The molecule has 3 heterocycles. The Balaban J connectivity index is 1.19. The van der Waals surface area contributed by atoms with E-state index in [4.69, 9.17) is 0 Å². The van der Waals surface area contributed by atoms with Gasteiger partial charge in [-0.05, 0) is 43.0 Å². The Labute approximate surface area is 234 Å². The Kier molecular flexibility index (Phi) is 7.37. The zero-order chi connectivity index (χ0) is 27.7. The fourth-order valence-electron chi connectivity index (χ4n) is 7.10. The highest BCUT2D eigenvalue weighted by Crippen LogP contribution is 2.51. The molecule has 9 heteroatoms. The van der Waals surface area contributed by atoms with Crippen molar-refractivity contribution < 1.29 is 19.4 Å². The average Bonchev–Trinajstić information content (AvgIpc) is 3.46. The number of aliphatic imine (C=N–C) groups is 1. The number of benzene rings is 2. The van der Waals surface area contributed by atoms with Crippen LogP contribution in [0.15, 0.2) is 65.7 Å². The predicted octanol–water partition coefficient (Wildman–Crippen LogP) is 3.59. The van der Waals surface area contributed by atoms with Gasteiger partial charge in [-0.15, -0.1) is 0 Å². The molecule has 6 rings (SSSR count). The van der Waals surface area contributed by atoms with Crippen LogP contribution in [0.4, 0.5) is 9.18 Å². The van der Waals surface area contributed by atoms with Gasteiger partial charge in [-0.3, -0.25) is 0 Å². The minimum absolute atomic E-state index is 0.0284. The van der Waals surface area contributed by atoms with Crippen LogP contribution in [-0.2, 0) is 0 Å². The summed E-state index contributed by atoms with van der Waals surface area (Å²) in [5.74, 6) is -0.397. The molecule has 0 bridgehead atoms. The van der Waals surface area contributed by atoms with Crippen molar-refractivity contribution in [3.63, 3.8) is 0 Å². The number of likely N-dealkylation sites (tertiary alicyclic amines) is 1. The summed E-state index contributed by atoms with van der Waals surface area (Å²) in [6.45, 7) is 3.24.